The van der Waals surface area contributed by atoms with Crippen molar-refractivity contribution in [1.29, 1.82) is 0 Å². The summed E-state index contributed by atoms with van der Waals surface area (Å²) in [6, 6.07) is 16.7. The second-order valence-electron chi connectivity index (χ2n) is 5.04. The second-order valence-corrected chi connectivity index (χ2v) is 8.82. The van der Waals surface area contributed by atoms with Crippen LogP contribution in [-0.4, -0.2) is 14.3 Å². The van der Waals surface area contributed by atoms with Crippen molar-refractivity contribution in [1.82, 2.24) is 0 Å². The average Bonchev–Trinajstić information content (AvgIpc) is 3.12. The van der Waals surface area contributed by atoms with E-state index in [-0.39, 0.29) is 10.1 Å². The van der Waals surface area contributed by atoms with Crippen LogP contribution in [-0.2, 0) is 10.0 Å². The molecule has 3 rings (SSSR count). The van der Waals surface area contributed by atoms with Crippen LogP contribution in [0.5, 0.6) is 0 Å². The lowest BCUT2D eigenvalue weighted by Crippen LogP contribution is -2.16. The molecule has 0 radical (unpaired) electrons. The van der Waals surface area contributed by atoms with Gasteiger partial charge >= 0.3 is 0 Å². The molecular weight excluding hydrogens is 424 g/mol. The van der Waals surface area contributed by atoms with E-state index in [9.17, 15) is 13.2 Å². The molecule has 25 heavy (non-hydrogen) atoms. The Balaban J connectivity index is 1.84. The molecule has 0 fully saturated rings. The topological polar surface area (TPSA) is 75.3 Å². The summed E-state index contributed by atoms with van der Waals surface area (Å²) in [6.45, 7) is 0. The van der Waals surface area contributed by atoms with Gasteiger partial charge in [0.05, 0.1) is 11.4 Å². The zero-order chi connectivity index (χ0) is 17.9. The Morgan fingerprint density at radius 3 is 2.24 bits per heavy atom. The fourth-order valence-corrected chi connectivity index (χ4v) is 4.43. The van der Waals surface area contributed by atoms with E-state index in [1.807, 2.05) is 0 Å². The lowest BCUT2D eigenvalue weighted by molar-refractivity contribution is 0.102. The Labute approximate surface area is 157 Å². The number of nitrogens with one attached hydrogen (secondary N) is 2. The number of carbonyl (C=O) groups is 1. The number of hydrogen-bond donors (Lipinski definition) is 2. The van der Waals surface area contributed by atoms with Crippen molar-refractivity contribution >= 4 is 54.6 Å². The van der Waals surface area contributed by atoms with Crippen molar-refractivity contribution in [3.05, 3.63) is 76.1 Å². The third-order valence-corrected chi connectivity index (χ3v) is 6.58. The maximum Gasteiger partial charge on any atom is 0.271 e. The number of anilines is 2. The van der Waals surface area contributed by atoms with Gasteiger partial charge in [-0.2, -0.15) is 0 Å². The Morgan fingerprint density at radius 2 is 1.60 bits per heavy atom. The molecule has 0 bridgehead atoms. The van der Waals surface area contributed by atoms with Crippen LogP contribution in [0.25, 0.3) is 0 Å². The number of carbonyl (C=O) groups excluding carboxylic acids is 1. The molecule has 0 aliphatic rings. The lowest BCUT2D eigenvalue weighted by Gasteiger charge is -2.13. The minimum atomic E-state index is -3.69. The number of rotatable bonds is 5. The molecule has 0 saturated heterocycles. The van der Waals surface area contributed by atoms with E-state index < -0.39 is 10.0 Å². The molecule has 0 atom stereocenters. The molecule has 0 spiro atoms. The lowest BCUT2D eigenvalue weighted by atomic mass is 10.2. The number of para-hydroxylation sites is 2. The van der Waals surface area contributed by atoms with E-state index in [2.05, 4.69) is 26.0 Å². The predicted molar refractivity (Wildman–Crippen MR) is 104 cm³/mol. The van der Waals surface area contributed by atoms with Gasteiger partial charge in [-0.1, -0.05) is 34.1 Å². The molecule has 0 saturated carbocycles. The summed E-state index contributed by atoms with van der Waals surface area (Å²) in [4.78, 5) is 12.4. The first kappa shape index (κ1) is 17.7. The van der Waals surface area contributed by atoms with Crippen molar-refractivity contribution in [2.75, 3.05) is 10.0 Å². The molecule has 0 unspecified atom stereocenters. The number of sulfonamides is 1. The number of hydrogen-bond acceptors (Lipinski definition) is 4. The van der Waals surface area contributed by atoms with Gasteiger partial charge in [0, 0.05) is 10.0 Å². The number of amides is 1. The standard InChI is InChI=1S/C17H13BrN2O3S2/c18-13-9-7-12(8-10-13)17(21)19-14-4-1-2-5-15(14)20-25(22,23)16-6-3-11-24-16/h1-11,20H,(H,19,21). The van der Waals surface area contributed by atoms with Crippen molar-refractivity contribution < 1.29 is 13.2 Å². The summed E-state index contributed by atoms with van der Waals surface area (Å²) in [6.07, 6.45) is 0. The van der Waals surface area contributed by atoms with E-state index in [0.717, 1.165) is 15.8 Å². The number of halogens is 1. The van der Waals surface area contributed by atoms with E-state index >= 15 is 0 Å². The SMILES string of the molecule is O=C(Nc1ccccc1NS(=O)(=O)c1cccs1)c1ccc(Br)cc1. The monoisotopic (exact) mass is 436 g/mol. The largest absolute Gasteiger partial charge is 0.320 e. The minimum absolute atomic E-state index is 0.210. The predicted octanol–water partition coefficient (Wildman–Crippen LogP) is 4.56. The highest BCUT2D eigenvalue weighted by molar-refractivity contribution is 9.10. The highest BCUT2D eigenvalue weighted by atomic mass is 79.9. The van der Waals surface area contributed by atoms with E-state index in [1.54, 1.807) is 60.0 Å². The van der Waals surface area contributed by atoms with Gasteiger partial charge in [0.2, 0.25) is 0 Å². The number of benzene rings is 2. The molecule has 1 aromatic heterocycles. The van der Waals surface area contributed by atoms with Gasteiger partial charge in [-0.3, -0.25) is 9.52 Å². The molecule has 3 aromatic rings. The van der Waals surface area contributed by atoms with Crippen molar-refractivity contribution in [2.45, 2.75) is 4.21 Å². The van der Waals surface area contributed by atoms with Gasteiger partial charge in [-0.15, -0.1) is 11.3 Å². The van der Waals surface area contributed by atoms with Gasteiger partial charge in [0.25, 0.3) is 15.9 Å². The Hall–Kier alpha value is -2.16. The first-order valence-corrected chi connectivity index (χ1v) is 10.3. The van der Waals surface area contributed by atoms with Crippen LogP contribution in [0.4, 0.5) is 11.4 Å². The molecule has 5 nitrogen and oxygen atoms in total. The summed E-state index contributed by atoms with van der Waals surface area (Å²) >= 11 is 4.44. The van der Waals surface area contributed by atoms with Gasteiger partial charge in [0.1, 0.15) is 4.21 Å². The maximum atomic E-state index is 12.4. The molecule has 2 aromatic carbocycles. The Kier molecular flexibility index (Phi) is 5.22. The number of thiophene rings is 1. The van der Waals surface area contributed by atoms with Crippen LogP contribution >= 0.6 is 27.3 Å². The van der Waals surface area contributed by atoms with Crippen LogP contribution in [0.2, 0.25) is 0 Å². The fourth-order valence-electron chi connectivity index (χ4n) is 2.09. The van der Waals surface area contributed by atoms with Gasteiger partial charge in [-0.25, -0.2) is 8.42 Å². The van der Waals surface area contributed by atoms with Crippen LogP contribution in [0.3, 0.4) is 0 Å². The average molecular weight is 437 g/mol. The highest BCUT2D eigenvalue weighted by Gasteiger charge is 2.17. The highest BCUT2D eigenvalue weighted by Crippen LogP contribution is 2.26. The van der Waals surface area contributed by atoms with Gasteiger partial charge in [-0.05, 0) is 47.8 Å². The molecule has 128 valence electrons. The first-order valence-electron chi connectivity index (χ1n) is 7.18. The van der Waals surface area contributed by atoms with Crippen molar-refractivity contribution in [3.63, 3.8) is 0 Å². The van der Waals surface area contributed by atoms with Crippen LogP contribution in [0, 0.1) is 0 Å². The van der Waals surface area contributed by atoms with Crippen LogP contribution in [0.15, 0.2) is 74.7 Å². The first-order chi connectivity index (χ1) is 12.0. The van der Waals surface area contributed by atoms with Crippen molar-refractivity contribution in [2.24, 2.45) is 0 Å². The summed E-state index contributed by atoms with van der Waals surface area (Å²) < 4.78 is 28.4. The third-order valence-electron chi connectivity index (χ3n) is 3.29. The van der Waals surface area contributed by atoms with Crippen LogP contribution < -0.4 is 10.0 Å². The zero-order valence-corrected chi connectivity index (χ0v) is 16.0. The molecular formula is C17H13BrN2O3S2. The third kappa shape index (κ3) is 4.28. The maximum absolute atomic E-state index is 12.4. The minimum Gasteiger partial charge on any atom is -0.320 e. The summed E-state index contributed by atoms with van der Waals surface area (Å²) in [5.41, 5.74) is 1.16. The summed E-state index contributed by atoms with van der Waals surface area (Å²) in [5.74, 6) is -0.324. The van der Waals surface area contributed by atoms with E-state index in [1.165, 1.54) is 6.07 Å². The molecule has 0 aliphatic heterocycles. The van der Waals surface area contributed by atoms with E-state index in [0.29, 0.717) is 16.9 Å². The summed E-state index contributed by atoms with van der Waals surface area (Å²) in [5, 5.41) is 4.43. The molecule has 1 amide bonds. The molecule has 0 aliphatic carbocycles. The van der Waals surface area contributed by atoms with Gasteiger partial charge < -0.3 is 5.32 Å². The fraction of sp³-hybridized carbons (Fsp3) is 0. The Morgan fingerprint density at radius 1 is 0.920 bits per heavy atom. The normalized spacial score (nSPS) is 11.1. The van der Waals surface area contributed by atoms with E-state index in [4.69, 9.17) is 0 Å². The Bertz CT molecular complexity index is 985. The molecule has 2 N–H and O–H groups in total. The van der Waals surface area contributed by atoms with Crippen LogP contribution in [0.1, 0.15) is 10.4 Å². The smallest absolute Gasteiger partial charge is 0.271 e. The quantitative estimate of drug-likeness (QED) is 0.615. The molecule has 8 heteroatoms. The second kappa shape index (κ2) is 7.38. The van der Waals surface area contributed by atoms with Gasteiger partial charge in [0.15, 0.2) is 0 Å². The molecule has 1 heterocycles. The summed E-state index contributed by atoms with van der Waals surface area (Å²) in [7, 11) is -3.69. The van der Waals surface area contributed by atoms with Crippen molar-refractivity contribution in [3.8, 4) is 0 Å². The zero-order valence-electron chi connectivity index (χ0n) is 12.8.